The van der Waals surface area contributed by atoms with Gasteiger partial charge in [0.05, 0.1) is 10.7 Å². The minimum absolute atomic E-state index is 0.0611. The minimum Gasteiger partial charge on any atom is -0.348 e. The molecule has 0 aliphatic carbocycles. The maximum atomic E-state index is 12.5. The fourth-order valence-corrected chi connectivity index (χ4v) is 3.23. The summed E-state index contributed by atoms with van der Waals surface area (Å²) >= 11 is 5.84. The van der Waals surface area contributed by atoms with Crippen molar-refractivity contribution in [2.24, 2.45) is 9.98 Å². The Balaban J connectivity index is 1.53. The van der Waals surface area contributed by atoms with Gasteiger partial charge in [-0.25, -0.2) is 9.98 Å². The smallest absolute Gasteiger partial charge is 0.296 e. The van der Waals surface area contributed by atoms with Crippen molar-refractivity contribution in [3.8, 4) is 0 Å². The lowest BCUT2D eigenvalue weighted by molar-refractivity contribution is -0.114. The Morgan fingerprint density at radius 3 is 2.31 bits per heavy atom. The van der Waals surface area contributed by atoms with Crippen LogP contribution in [0, 0.1) is 6.92 Å². The molecule has 0 atom stereocenters. The van der Waals surface area contributed by atoms with Crippen molar-refractivity contribution in [1.82, 2.24) is 5.32 Å². The van der Waals surface area contributed by atoms with Gasteiger partial charge in [-0.1, -0.05) is 41.4 Å². The third kappa shape index (κ3) is 4.87. The van der Waals surface area contributed by atoms with Crippen LogP contribution in [-0.4, -0.2) is 17.6 Å². The lowest BCUT2D eigenvalue weighted by Gasteiger charge is -2.07. The van der Waals surface area contributed by atoms with Gasteiger partial charge in [0.1, 0.15) is 5.70 Å². The molecule has 0 fully saturated rings. The number of ketones is 1. The first kappa shape index (κ1) is 21.3. The van der Waals surface area contributed by atoms with Crippen molar-refractivity contribution in [2.45, 2.75) is 13.5 Å². The highest BCUT2D eigenvalue weighted by atomic mass is 35.5. The average molecular weight is 444 g/mol. The SMILES string of the molecule is Cc1ccc(CNC(=O)c2ccc3c(c2)=NC(=O)/C(=C/C(=O)c2ccc(Cl)cc2)N=3)cc1. The van der Waals surface area contributed by atoms with Crippen molar-refractivity contribution < 1.29 is 14.4 Å². The molecule has 1 heterocycles. The third-order valence-electron chi connectivity index (χ3n) is 4.89. The molecule has 1 N–H and O–H groups in total. The van der Waals surface area contributed by atoms with Gasteiger partial charge in [0.2, 0.25) is 0 Å². The van der Waals surface area contributed by atoms with Crippen LogP contribution in [0.1, 0.15) is 31.8 Å². The number of amides is 2. The zero-order chi connectivity index (χ0) is 22.7. The van der Waals surface area contributed by atoms with E-state index in [2.05, 4.69) is 15.3 Å². The molecule has 32 heavy (non-hydrogen) atoms. The van der Waals surface area contributed by atoms with E-state index in [0.29, 0.717) is 28.1 Å². The van der Waals surface area contributed by atoms with Gasteiger partial charge in [-0.3, -0.25) is 14.4 Å². The molecule has 7 heteroatoms. The van der Waals surface area contributed by atoms with Crippen LogP contribution in [-0.2, 0) is 11.3 Å². The average Bonchev–Trinajstić information content (AvgIpc) is 2.79. The van der Waals surface area contributed by atoms with Gasteiger partial charge in [0, 0.05) is 28.8 Å². The number of halogens is 1. The molecule has 158 valence electrons. The molecule has 1 aliphatic heterocycles. The van der Waals surface area contributed by atoms with Crippen molar-refractivity contribution >= 4 is 29.2 Å². The van der Waals surface area contributed by atoms with E-state index in [-0.39, 0.29) is 22.7 Å². The Morgan fingerprint density at radius 1 is 0.906 bits per heavy atom. The number of allylic oxidation sites excluding steroid dienone is 1. The van der Waals surface area contributed by atoms with Crippen LogP contribution < -0.4 is 16.0 Å². The van der Waals surface area contributed by atoms with Crippen molar-refractivity contribution in [2.75, 3.05) is 0 Å². The van der Waals surface area contributed by atoms with Gasteiger partial charge < -0.3 is 5.32 Å². The number of aryl methyl sites for hydroxylation is 1. The van der Waals surface area contributed by atoms with Crippen molar-refractivity contribution in [1.29, 1.82) is 0 Å². The fraction of sp³-hybridized carbons (Fsp3) is 0.0800. The number of carbonyl (C=O) groups is 3. The van der Waals surface area contributed by atoms with Crippen LogP contribution in [0.4, 0.5) is 0 Å². The molecule has 6 nitrogen and oxygen atoms in total. The van der Waals surface area contributed by atoms with Gasteiger partial charge in [-0.05, 0) is 55.0 Å². The number of benzene rings is 3. The summed E-state index contributed by atoms with van der Waals surface area (Å²) in [5.74, 6) is -1.30. The predicted octanol–water partition coefficient (Wildman–Crippen LogP) is 3.12. The molecule has 1 aliphatic rings. The highest BCUT2D eigenvalue weighted by Crippen LogP contribution is 2.12. The first-order valence-electron chi connectivity index (χ1n) is 9.86. The largest absolute Gasteiger partial charge is 0.348 e. The van der Waals surface area contributed by atoms with E-state index in [9.17, 15) is 14.4 Å². The van der Waals surface area contributed by atoms with E-state index >= 15 is 0 Å². The quantitative estimate of drug-likeness (QED) is 0.485. The third-order valence-corrected chi connectivity index (χ3v) is 5.14. The van der Waals surface area contributed by atoms with Crippen LogP contribution in [0.2, 0.25) is 5.02 Å². The number of rotatable bonds is 5. The minimum atomic E-state index is -0.642. The summed E-state index contributed by atoms with van der Waals surface area (Å²) in [5.41, 5.74) is 2.82. The van der Waals surface area contributed by atoms with E-state index in [0.717, 1.165) is 17.2 Å². The van der Waals surface area contributed by atoms with Crippen LogP contribution in [0.15, 0.2) is 88.5 Å². The van der Waals surface area contributed by atoms with Crippen molar-refractivity contribution in [3.63, 3.8) is 0 Å². The standard InChI is InChI=1S/C25H18ClN3O3/c1-15-2-4-16(5-3-15)14-27-24(31)18-8-11-20-21(12-18)29-25(32)22(28-20)13-23(30)17-6-9-19(26)10-7-17/h2-13H,14H2,1H3,(H,27,31)/b22-13-. The molecule has 0 saturated carbocycles. The normalized spacial score (nSPS) is 13.7. The summed E-state index contributed by atoms with van der Waals surface area (Å²) in [6.45, 7) is 2.38. The lowest BCUT2D eigenvalue weighted by atomic mass is 10.1. The summed E-state index contributed by atoms with van der Waals surface area (Å²) in [6, 6.07) is 18.9. The van der Waals surface area contributed by atoms with Crippen LogP contribution in [0.25, 0.3) is 0 Å². The Labute approximate surface area is 189 Å². The zero-order valence-corrected chi connectivity index (χ0v) is 17.9. The molecule has 3 aromatic rings. The second-order valence-corrected chi connectivity index (χ2v) is 7.74. The first-order valence-corrected chi connectivity index (χ1v) is 10.2. The maximum Gasteiger partial charge on any atom is 0.296 e. The van der Waals surface area contributed by atoms with Gasteiger partial charge >= 0.3 is 0 Å². The van der Waals surface area contributed by atoms with Crippen LogP contribution in [0.5, 0.6) is 0 Å². The summed E-state index contributed by atoms with van der Waals surface area (Å²) in [6.07, 6.45) is 1.15. The van der Waals surface area contributed by atoms with Crippen LogP contribution in [0.3, 0.4) is 0 Å². The highest BCUT2D eigenvalue weighted by Gasteiger charge is 2.16. The number of nitrogens with zero attached hydrogens (tertiary/aromatic N) is 2. The highest BCUT2D eigenvalue weighted by molar-refractivity contribution is 6.30. The van der Waals surface area contributed by atoms with E-state index in [4.69, 9.17) is 11.6 Å². The molecular formula is C25H18ClN3O3. The van der Waals surface area contributed by atoms with Gasteiger partial charge in [0.25, 0.3) is 11.8 Å². The molecule has 2 amide bonds. The van der Waals surface area contributed by atoms with Crippen LogP contribution >= 0.6 is 11.6 Å². The molecule has 3 aromatic carbocycles. The molecule has 0 spiro atoms. The Kier molecular flexibility index (Phi) is 6.05. The Bertz CT molecular complexity index is 1380. The summed E-state index contributed by atoms with van der Waals surface area (Å²) in [5, 5.41) is 4.06. The molecular weight excluding hydrogens is 426 g/mol. The van der Waals surface area contributed by atoms with E-state index < -0.39 is 5.91 Å². The predicted molar refractivity (Wildman–Crippen MR) is 120 cm³/mol. The molecule has 4 rings (SSSR count). The number of hydrogen-bond donors (Lipinski definition) is 1. The van der Waals surface area contributed by atoms with Gasteiger partial charge in [0.15, 0.2) is 5.78 Å². The first-order chi connectivity index (χ1) is 15.4. The molecule has 0 aromatic heterocycles. The Hall–Kier alpha value is -3.90. The monoisotopic (exact) mass is 443 g/mol. The maximum absolute atomic E-state index is 12.5. The van der Waals surface area contributed by atoms with E-state index in [1.807, 2.05) is 31.2 Å². The molecule has 0 radical (unpaired) electrons. The topological polar surface area (TPSA) is 88.0 Å². The number of nitrogens with one attached hydrogen (secondary N) is 1. The Morgan fingerprint density at radius 2 is 1.59 bits per heavy atom. The molecule has 0 bridgehead atoms. The number of fused-ring (bicyclic) bond motifs is 1. The summed E-state index contributed by atoms with van der Waals surface area (Å²) < 4.78 is 0. The summed E-state index contributed by atoms with van der Waals surface area (Å²) in [4.78, 5) is 45.6. The van der Waals surface area contributed by atoms with Gasteiger partial charge in [-0.15, -0.1) is 0 Å². The van der Waals surface area contributed by atoms with E-state index in [1.165, 1.54) is 6.07 Å². The second kappa shape index (κ2) is 9.08. The molecule has 0 unspecified atom stereocenters. The number of hydrogen-bond acceptors (Lipinski definition) is 4. The fourth-order valence-electron chi connectivity index (χ4n) is 3.10. The second-order valence-electron chi connectivity index (χ2n) is 7.30. The zero-order valence-electron chi connectivity index (χ0n) is 17.1. The van der Waals surface area contributed by atoms with Crippen molar-refractivity contribution in [3.05, 3.63) is 116 Å². The molecule has 0 saturated heterocycles. The lowest BCUT2D eigenvalue weighted by Crippen LogP contribution is -2.33. The summed E-state index contributed by atoms with van der Waals surface area (Å²) in [7, 11) is 0. The van der Waals surface area contributed by atoms with Gasteiger partial charge in [-0.2, -0.15) is 0 Å². The number of carbonyl (C=O) groups excluding carboxylic acids is 3. The van der Waals surface area contributed by atoms with E-state index in [1.54, 1.807) is 36.4 Å².